The zero-order valence-electron chi connectivity index (χ0n) is 15.2. The van der Waals surface area contributed by atoms with Crippen LogP contribution < -0.4 is 17.7 Å². The first-order chi connectivity index (χ1) is 12.9. The number of imidazole rings is 1. The molecule has 0 fully saturated rings. The van der Waals surface area contributed by atoms with E-state index in [9.17, 15) is 0 Å². The van der Waals surface area contributed by atoms with Crippen molar-refractivity contribution in [3.05, 3.63) is 84.4 Å². The molecule has 0 spiro atoms. The van der Waals surface area contributed by atoms with Crippen molar-refractivity contribution in [2.75, 3.05) is 7.05 Å². The molecule has 6 heteroatoms. The largest absolute Gasteiger partial charge is 1.00 e. The molecule has 0 radical (unpaired) electrons. The Balaban J connectivity index is 0.00000210. The number of halogens is 1. The molecule has 2 aromatic heterocycles. The molecule has 0 amide bonds. The highest BCUT2D eigenvalue weighted by Crippen LogP contribution is 2.29. The quantitative estimate of drug-likeness (QED) is 0.508. The minimum Gasteiger partial charge on any atom is -1.00 e. The Bertz CT molecular complexity index is 946. The van der Waals surface area contributed by atoms with Crippen LogP contribution >= 0.6 is 0 Å². The van der Waals surface area contributed by atoms with E-state index in [0.29, 0.717) is 5.92 Å². The number of fused-ring (bicyclic) bond motifs is 1. The lowest BCUT2D eigenvalue weighted by Crippen LogP contribution is -3.00. The summed E-state index contributed by atoms with van der Waals surface area (Å²) in [5.74, 6) is 1.23. The predicted molar refractivity (Wildman–Crippen MR) is 102 cm³/mol. The molecular formula is C21H22ClN5. The van der Waals surface area contributed by atoms with Gasteiger partial charge in [0.1, 0.15) is 6.33 Å². The van der Waals surface area contributed by atoms with Crippen LogP contribution in [-0.2, 0) is 6.54 Å². The van der Waals surface area contributed by atoms with Gasteiger partial charge in [-0.2, -0.15) is 4.98 Å². The summed E-state index contributed by atoms with van der Waals surface area (Å²) in [6.07, 6.45) is 4.47. The molecule has 0 unspecified atom stereocenters. The summed E-state index contributed by atoms with van der Waals surface area (Å²) in [5, 5.41) is 1.97. The first-order valence-electron chi connectivity index (χ1n) is 8.92. The van der Waals surface area contributed by atoms with Crippen LogP contribution in [0.15, 0.2) is 73.3 Å². The van der Waals surface area contributed by atoms with Crippen LogP contribution in [0.5, 0.6) is 0 Å². The number of hydrogen-bond donors (Lipinski definition) is 1. The summed E-state index contributed by atoms with van der Waals surface area (Å²) in [4.78, 5) is 13.2. The van der Waals surface area contributed by atoms with Crippen LogP contribution in [0.3, 0.4) is 0 Å². The minimum absolute atomic E-state index is 0. The summed E-state index contributed by atoms with van der Waals surface area (Å²) in [6, 6.07) is 21.4. The van der Waals surface area contributed by atoms with Crippen molar-refractivity contribution < 1.29 is 17.7 Å². The van der Waals surface area contributed by atoms with Crippen LogP contribution in [0.4, 0.5) is 5.82 Å². The van der Waals surface area contributed by atoms with Crippen LogP contribution in [0.1, 0.15) is 23.5 Å². The standard InChI is InChI=1S/C21H21N5.ClH/c1-22-20-19-21(24-14-23-20)26(15-25-19)13-12-18(16-8-4-2-5-9-16)17-10-6-3-7-11-17;/h2-11,14-15,18H,12-13H2,1H3,(H,22,23,24);1H. The number of nitrogens with two attached hydrogens (primary N) is 1. The third-order valence-electron chi connectivity index (χ3n) is 4.77. The van der Waals surface area contributed by atoms with Gasteiger partial charge in [-0.15, -0.1) is 0 Å². The van der Waals surface area contributed by atoms with E-state index < -0.39 is 0 Å². The highest BCUT2D eigenvalue weighted by atomic mass is 35.5. The number of hydrogen-bond acceptors (Lipinski definition) is 3. The topological polar surface area (TPSA) is 60.2 Å². The van der Waals surface area contributed by atoms with E-state index in [0.717, 1.165) is 29.9 Å². The second kappa shape index (κ2) is 8.75. The first kappa shape index (κ1) is 19.0. The number of aryl methyl sites for hydroxylation is 1. The summed E-state index contributed by atoms with van der Waals surface area (Å²) in [5.41, 5.74) is 4.43. The van der Waals surface area contributed by atoms with Gasteiger partial charge in [-0.1, -0.05) is 60.7 Å². The monoisotopic (exact) mass is 379 g/mol. The first-order valence-corrected chi connectivity index (χ1v) is 8.92. The van der Waals surface area contributed by atoms with Crippen molar-refractivity contribution in [2.24, 2.45) is 0 Å². The number of benzene rings is 2. The third kappa shape index (κ3) is 3.99. The van der Waals surface area contributed by atoms with Crippen molar-refractivity contribution in [1.82, 2.24) is 19.5 Å². The molecule has 2 heterocycles. The van der Waals surface area contributed by atoms with Gasteiger partial charge in [0.15, 0.2) is 11.2 Å². The summed E-state index contributed by atoms with van der Waals surface area (Å²) in [6.45, 7) is 0.852. The average Bonchev–Trinajstić information content (AvgIpc) is 3.13. The average molecular weight is 380 g/mol. The van der Waals surface area contributed by atoms with Gasteiger partial charge in [0.05, 0.1) is 13.4 Å². The maximum atomic E-state index is 4.52. The molecule has 4 aromatic rings. The molecule has 0 aliphatic rings. The molecule has 4 rings (SSSR count). The smallest absolute Gasteiger partial charge is 0.255 e. The SMILES string of the molecule is C[NH2+]c1ncnc2c1ncn2CCC(c1ccccc1)c1ccccc1.[Cl-]. The van der Waals surface area contributed by atoms with Crippen LogP contribution in [0.2, 0.25) is 0 Å². The van der Waals surface area contributed by atoms with E-state index in [1.807, 2.05) is 18.7 Å². The summed E-state index contributed by atoms with van der Waals surface area (Å²) < 4.78 is 2.13. The zero-order valence-corrected chi connectivity index (χ0v) is 15.9. The van der Waals surface area contributed by atoms with Gasteiger partial charge in [-0.25, -0.2) is 9.97 Å². The Hall–Kier alpha value is -2.76. The summed E-state index contributed by atoms with van der Waals surface area (Å²) in [7, 11) is 1.97. The lowest BCUT2D eigenvalue weighted by Gasteiger charge is -2.18. The van der Waals surface area contributed by atoms with Crippen LogP contribution in [0.25, 0.3) is 11.2 Å². The third-order valence-corrected chi connectivity index (χ3v) is 4.77. The number of nitrogens with zero attached hydrogens (tertiary/aromatic N) is 4. The molecule has 5 nitrogen and oxygen atoms in total. The predicted octanol–water partition coefficient (Wildman–Crippen LogP) is -0.123. The van der Waals surface area contributed by atoms with Gasteiger partial charge in [0.25, 0.3) is 5.82 Å². The molecule has 2 N–H and O–H groups in total. The van der Waals surface area contributed by atoms with Crippen molar-refractivity contribution in [2.45, 2.75) is 18.9 Å². The molecule has 0 aliphatic carbocycles. The Morgan fingerprint density at radius 2 is 1.52 bits per heavy atom. The van der Waals surface area contributed by atoms with Gasteiger partial charge in [0.2, 0.25) is 0 Å². The maximum Gasteiger partial charge on any atom is 0.255 e. The lowest BCUT2D eigenvalue weighted by molar-refractivity contribution is -0.541. The second-order valence-corrected chi connectivity index (χ2v) is 6.32. The fourth-order valence-corrected chi connectivity index (χ4v) is 3.44. The molecule has 0 bridgehead atoms. The molecule has 27 heavy (non-hydrogen) atoms. The Morgan fingerprint density at radius 1 is 0.889 bits per heavy atom. The van der Waals surface area contributed by atoms with Crippen molar-refractivity contribution in [3.63, 3.8) is 0 Å². The molecule has 0 aliphatic heterocycles. The van der Waals surface area contributed by atoms with E-state index in [-0.39, 0.29) is 12.4 Å². The van der Waals surface area contributed by atoms with E-state index in [1.165, 1.54) is 11.1 Å². The summed E-state index contributed by atoms with van der Waals surface area (Å²) >= 11 is 0. The minimum atomic E-state index is 0. The van der Waals surface area contributed by atoms with Crippen molar-refractivity contribution in [3.8, 4) is 0 Å². The Kier molecular flexibility index (Phi) is 6.16. The molecule has 138 valence electrons. The maximum absolute atomic E-state index is 4.52. The number of rotatable bonds is 6. The Labute approximate surface area is 164 Å². The van der Waals surface area contributed by atoms with E-state index in [4.69, 9.17) is 0 Å². The van der Waals surface area contributed by atoms with Gasteiger partial charge in [-0.3, -0.25) is 5.32 Å². The van der Waals surface area contributed by atoms with Gasteiger partial charge in [-0.05, 0) is 17.5 Å². The number of aromatic nitrogens is 4. The highest BCUT2D eigenvalue weighted by molar-refractivity contribution is 5.78. The van der Waals surface area contributed by atoms with E-state index >= 15 is 0 Å². The highest BCUT2D eigenvalue weighted by Gasteiger charge is 2.16. The molecular weight excluding hydrogens is 358 g/mol. The molecule has 2 aromatic carbocycles. The fourth-order valence-electron chi connectivity index (χ4n) is 3.44. The van der Waals surface area contributed by atoms with Gasteiger partial charge in [0, 0.05) is 12.5 Å². The molecule has 0 atom stereocenters. The van der Waals surface area contributed by atoms with Crippen LogP contribution in [0, 0.1) is 0 Å². The normalized spacial score (nSPS) is 10.9. The van der Waals surface area contributed by atoms with Crippen LogP contribution in [-0.4, -0.2) is 26.6 Å². The van der Waals surface area contributed by atoms with Gasteiger partial charge >= 0.3 is 0 Å². The number of quaternary nitrogens is 1. The Morgan fingerprint density at radius 3 is 2.11 bits per heavy atom. The molecule has 0 saturated carbocycles. The molecule has 0 saturated heterocycles. The van der Waals surface area contributed by atoms with Crippen molar-refractivity contribution in [1.29, 1.82) is 0 Å². The van der Waals surface area contributed by atoms with E-state index in [2.05, 4.69) is 80.2 Å². The zero-order chi connectivity index (χ0) is 17.8. The fraction of sp³-hybridized carbons (Fsp3) is 0.190. The second-order valence-electron chi connectivity index (χ2n) is 6.32. The lowest BCUT2D eigenvalue weighted by atomic mass is 9.88. The van der Waals surface area contributed by atoms with E-state index in [1.54, 1.807) is 6.33 Å². The van der Waals surface area contributed by atoms with Crippen molar-refractivity contribution >= 4 is 17.0 Å². The van der Waals surface area contributed by atoms with Gasteiger partial charge < -0.3 is 17.0 Å².